The summed E-state index contributed by atoms with van der Waals surface area (Å²) in [6.45, 7) is 1.42. The van der Waals surface area contributed by atoms with Crippen LogP contribution in [0.1, 0.15) is 17.3 Å². The summed E-state index contributed by atoms with van der Waals surface area (Å²) in [6, 6.07) is 10.7. The summed E-state index contributed by atoms with van der Waals surface area (Å²) in [7, 11) is -2.27. The van der Waals surface area contributed by atoms with E-state index in [1.165, 1.54) is 36.9 Å². The topological polar surface area (TPSA) is 98.1 Å². The molecule has 0 atom stereocenters. The van der Waals surface area contributed by atoms with Crippen LogP contribution in [0.2, 0.25) is 0 Å². The Hall–Kier alpha value is -2.78. The molecule has 2 aromatic heterocycles. The number of Topliss-reactive ketones (excluding diaryl/α,β-unsaturated/α-hetero) is 1. The lowest BCUT2D eigenvalue weighted by molar-refractivity contribution is 0.101. The maximum absolute atomic E-state index is 12.6. The van der Waals surface area contributed by atoms with Crippen molar-refractivity contribution in [3.63, 3.8) is 0 Å². The van der Waals surface area contributed by atoms with Crippen LogP contribution >= 0.6 is 11.3 Å². The molecule has 0 aliphatic heterocycles. The first-order valence-electron chi connectivity index (χ1n) is 7.53. The molecule has 2 heterocycles. The molecule has 3 rings (SSSR count). The van der Waals surface area contributed by atoms with Gasteiger partial charge in [-0.1, -0.05) is 12.1 Å². The number of ketones is 1. The van der Waals surface area contributed by atoms with Gasteiger partial charge in [0, 0.05) is 35.3 Å². The van der Waals surface area contributed by atoms with E-state index in [0.29, 0.717) is 22.5 Å². The van der Waals surface area contributed by atoms with Crippen LogP contribution in [0.4, 0.5) is 5.69 Å². The fourth-order valence-corrected chi connectivity index (χ4v) is 4.48. The van der Waals surface area contributed by atoms with E-state index in [-0.39, 0.29) is 15.6 Å². The van der Waals surface area contributed by atoms with Crippen molar-refractivity contribution in [1.82, 2.24) is 9.78 Å². The summed E-state index contributed by atoms with van der Waals surface area (Å²) in [5.41, 5.74) is 1.59. The highest BCUT2D eigenvalue weighted by Crippen LogP contribution is 2.28. The molecule has 7 nitrogen and oxygen atoms in total. The molecule has 26 heavy (non-hydrogen) atoms. The number of rotatable bonds is 5. The second-order valence-electron chi connectivity index (χ2n) is 5.58. The number of aryl methyl sites for hydroxylation is 1. The lowest BCUT2D eigenvalue weighted by atomic mass is 10.1. The summed E-state index contributed by atoms with van der Waals surface area (Å²) in [4.78, 5) is 22.9. The van der Waals surface area contributed by atoms with Crippen molar-refractivity contribution < 1.29 is 13.2 Å². The van der Waals surface area contributed by atoms with Crippen molar-refractivity contribution >= 4 is 32.8 Å². The maximum atomic E-state index is 12.6. The Balaban J connectivity index is 1.90. The highest BCUT2D eigenvalue weighted by atomic mass is 32.2. The van der Waals surface area contributed by atoms with Gasteiger partial charge in [-0.05, 0) is 31.2 Å². The zero-order valence-electron chi connectivity index (χ0n) is 14.0. The van der Waals surface area contributed by atoms with Crippen molar-refractivity contribution in [1.29, 1.82) is 0 Å². The van der Waals surface area contributed by atoms with Crippen molar-refractivity contribution in [3.05, 3.63) is 63.8 Å². The summed E-state index contributed by atoms with van der Waals surface area (Å²) in [5.74, 6) is -0.148. The maximum Gasteiger partial charge on any atom is 0.271 e. The molecule has 9 heteroatoms. The molecule has 0 amide bonds. The normalized spacial score (nSPS) is 11.3. The Morgan fingerprint density at radius 1 is 1.19 bits per heavy atom. The van der Waals surface area contributed by atoms with E-state index >= 15 is 0 Å². The number of anilines is 1. The number of hydrogen-bond donors (Lipinski definition) is 1. The van der Waals surface area contributed by atoms with Crippen LogP contribution in [0.5, 0.6) is 0 Å². The summed E-state index contributed by atoms with van der Waals surface area (Å²) < 4.78 is 28.9. The molecule has 0 saturated heterocycles. The Labute approximate surface area is 154 Å². The smallest absolute Gasteiger partial charge is 0.271 e. The van der Waals surface area contributed by atoms with Crippen LogP contribution in [-0.2, 0) is 17.1 Å². The van der Waals surface area contributed by atoms with Gasteiger partial charge < -0.3 is 0 Å². The fourth-order valence-electron chi connectivity index (χ4n) is 2.26. The van der Waals surface area contributed by atoms with Gasteiger partial charge in [-0.3, -0.25) is 14.3 Å². The van der Waals surface area contributed by atoms with Crippen molar-refractivity contribution in [2.75, 3.05) is 4.72 Å². The molecule has 0 aliphatic carbocycles. The zero-order valence-corrected chi connectivity index (χ0v) is 15.6. The lowest BCUT2D eigenvalue weighted by Crippen LogP contribution is -2.18. The molecule has 3 aromatic rings. The third-order valence-electron chi connectivity index (χ3n) is 3.62. The number of nitrogens with zero attached hydrogens (tertiary/aromatic N) is 2. The number of carbonyl (C=O) groups is 1. The number of carbonyl (C=O) groups excluding carboxylic acids is 1. The second kappa shape index (κ2) is 6.85. The molecule has 0 fully saturated rings. The summed E-state index contributed by atoms with van der Waals surface area (Å²) in [6.07, 6.45) is 0. The first-order valence-corrected chi connectivity index (χ1v) is 9.89. The van der Waals surface area contributed by atoms with Crippen molar-refractivity contribution in [2.45, 2.75) is 11.1 Å². The van der Waals surface area contributed by atoms with Crippen molar-refractivity contribution in [2.24, 2.45) is 7.05 Å². The molecule has 0 spiro atoms. The van der Waals surface area contributed by atoms with E-state index in [0.717, 1.165) is 11.3 Å². The highest BCUT2D eigenvalue weighted by molar-refractivity contribution is 7.94. The van der Waals surface area contributed by atoms with Gasteiger partial charge in [-0.15, -0.1) is 11.3 Å². The number of benzene rings is 1. The molecule has 1 aromatic carbocycles. The van der Waals surface area contributed by atoms with Crippen LogP contribution in [0.3, 0.4) is 0 Å². The molecule has 0 saturated carbocycles. The van der Waals surface area contributed by atoms with E-state index in [2.05, 4.69) is 9.82 Å². The van der Waals surface area contributed by atoms with Crippen LogP contribution in [0.25, 0.3) is 11.3 Å². The molecule has 0 aliphatic rings. The van der Waals surface area contributed by atoms with Gasteiger partial charge in [0.1, 0.15) is 4.21 Å². The van der Waals surface area contributed by atoms with Crippen LogP contribution < -0.4 is 10.3 Å². The Kier molecular flexibility index (Phi) is 4.75. The quantitative estimate of drug-likeness (QED) is 0.676. The van der Waals surface area contributed by atoms with Crippen LogP contribution in [-0.4, -0.2) is 24.0 Å². The van der Waals surface area contributed by atoms with Gasteiger partial charge in [-0.2, -0.15) is 5.10 Å². The SMILES string of the molecule is CC(=O)c1cccc(NS(=O)(=O)c2cc(-c3ccc(=O)n(C)n3)cs2)c1. The first-order chi connectivity index (χ1) is 12.3. The molecule has 0 radical (unpaired) electrons. The number of thiophene rings is 1. The minimum absolute atomic E-state index is 0.108. The number of hydrogen-bond acceptors (Lipinski definition) is 6. The Morgan fingerprint density at radius 2 is 1.96 bits per heavy atom. The monoisotopic (exact) mass is 389 g/mol. The molecular weight excluding hydrogens is 374 g/mol. The number of nitrogens with one attached hydrogen (secondary N) is 1. The third kappa shape index (κ3) is 3.73. The van der Waals surface area contributed by atoms with Gasteiger partial charge in [0.2, 0.25) is 0 Å². The zero-order chi connectivity index (χ0) is 18.9. The molecule has 1 N–H and O–H groups in total. The van der Waals surface area contributed by atoms with Gasteiger partial charge in [-0.25, -0.2) is 13.1 Å². The largest absolute Gasteiger partial charge is 0.295 e. The summed E-state index contributed by atoms with van der Waals surface area (Å²) >= 11 is 1.05. The molecule has 0 unspecified atom stereocenters. The van der Waals surface area contributed by atoms with Crippen LogP contribution in [0.15, 0.2) is 56.8 Å². The van der Waals surface area contributed by atoms with E-state index < -0.39 is 10.0 Å². The van der Waals surface area contributed by atoms with Gasteiger partial charge in [0.15, 0.2) is 5.78 Å². The van der Waals surface area contributed by atoms with Gasteiger partial charge in [0.05, 0.1) is 5.69 Å². The second-order valence-corrected chi connectivity index (χ2v) is 8.40. The van der Waals surface area contributed by atoms with E-state index in [9.17, 15) is 18.0 Å². The van der Waals surface area contributed by atoms with E-state index in [4.69, 9.17) is 0 Å². The average Bonchev–Trinajstić information content (AvgIpc) is 3.08. The standard InChI is InChI=1S/C17H15N3O4S2/c1-11(21)12-4-3-5-14(8-12)19-26(23,24)17-9-13(10-25-17)15-6-7-16(22)20(2)18-15/h3-10,19H,1-2H3. The average molecular weight is 389 g/mol. The number of sulfonamides is 1. The lowest BCUT2D eigenvalue weighted by Gasteiger charge is -2.07. The predicted octanol–water partition coefficient (Wildman–Crippen LogP) is 2.51. The minimum Gasteiger partial charge on any atom is -0.295 e. The van der Waals surface area contributed by atoms with Gasteiger partial charge in [0.25, 0.3) is 15.6 Å². The van der Waals surface area contributed by atoms with Crippen molar-refractivity contribution in [3.8, 4) is 11.3 Å². The highest BCUT2D eigenvalue weighted by Gasteiger charge is 2.18. The van der Waals surface area contributed by atoms with E-state index in [1.54, 1.807) is 29.6 Å². The Morgan fingerprint density at radius 3 is 2.65 bits per heavy atom. The predicted molar refractivity (Wildman–Crippen MR) is 100 cm³/mol. The minimum atomic E-state index is -3.80. The van der Waals surface area contributed by atoms with Gasteiger partial charge >= 0.3 is 0 Å². The molecule has 134 valence electrons. The summed E-state index contributed by atoms with van der Waals surface area (Å²) in [5, 5.41) is 5.77. The van der Waals surface area contributed by atoms with E-state index in [1.807, 2.05) is 0 Å². The number of aromatic nitrogens is 2. The first kappa shape index (κ1) is 18.0. The molecular formula is C17H15N3O4S2. The van der Waals surface area contributed by atoms with Crippen LogP contribution in [0, 0.1) is 0 Å². The third-order valence-corrected chi connectivity index (χ3v) is 6.44. The molecule has 0 bridgehead atoms. The fraction of sp³-hybridized carbons (Fsp3) is 0.118. The Bertz CT molecular complexity index is 1150.